The number of rotatable bonds is 5. The summed E-state index contributed by atoms with van der Waals surface area (Å²) in [4.78, 5) is 34.7. The lowest BCUT2D eigenvalue weighted by Gasteiger charge is -2.07. The van der Waals surface area contributed by atoms with Crippen molar-refractivity contribution in [2.24, 2.45) is 7.05 Å². The van der Waals surface area contributed by atoms with Crippen LogP contribution in [0.2, 0.25) is 5.02 Å². The number of anilines is 1. The van der Waals surface area contributed by atoms with Gasteiger partial charge in [0.2, 0.25) is 0 Å². The molecule has 0 spiro atoms. The van der Waals surface area contributed by atoms with Crippen molar-refractivity contribution in [1.82, 2.24) is 4.57 Å². The van der Waals surface area contributed by atoms with Gasteiger partial charge in [-0.05, 0) is 18.2 Å². The van der Waals surface area contributed by atoms with Crippen LogP contribution >= 0.6 is 11.6 Å². The smallest absolute Gasteiger partial charge is 0.340 e. The van der Waals surface area contributed by atoms with Crippen molar-refractivity contribution in [1.29, 1.82) is 0 Å². The summed E-state index contributed by atoms with van der Waals surface area (Å²) in [6, 6.07) is 11.1. The molecule has 1 heterocycles. The molecule has 0 unspecified atom stereocenters. The first-order valence-corrected chi connectivity index (χ1v) is 8.19. The standard InChI is InChI=1S/C18H14ClN3O5/c1-21-9-13(12-4-2-3-5-15(12)21)18(24)27-10-17(23)20-14-7-6-11(19)8-16(14)22(25)26/h2-9H,10H2,1H3,(H,20,23). The Bertz CT molecular complexity index is 1060. The van der Waals surface area contributed by atoms with Crippen molar-refractivity contribution in [2.75, 3.05) is 11.9 Å². The fraction of sp³-hybridized carbons (Fsp3) is 0.111. The van der Waals surface area contributed by atoms with Crippen LogP contribution in [0.5, 0.6) is 0 Å². The van der Waals surface area contributed by atoms with Gasteiger partial charge in [0.1, 0.15) is 5.69 Å². The second-order valence-electron chi connectivity index (χ2n) is 5.71. The van der Waals surface area contributed by atoms with Gasteiger partial charge in [-0.2, -0.15) is 0 Å². The molecule has 0 bridgehead atoms. The highest BCUT2D eigenvalue weighted by atomic mass is 35.5. The van der Waals surface area contributed by atoms with Crippen molar-refractivity contribution in [2.45, 2.75) is 0 Å². The van der Waals surface area contributed by atoms with E-state index in [1.165, 1.54) is 12.1 Å². The molecule has 138 valence electrons. The molecule has 8 nitrogen and oxygen atoms in total. The predicted molar refractivity (Wildman–Crippen MR) is 99.9 cm³/mol. The van der Waals surface area contributed by atoms with E-state index in [2.05, 4.69) is 5.32 Å². The van der Waals surface area contributed by atoms with E-state index in [0.717, 1.165) is 11.6 Å². The number of aromatic nitrogens is 1. The minimum atomic E-state index is -0.700. The molecule has 0 aliphatic heterocycles. The molecule has 3 aromatic rings. The molecule has 0 fully saturated rings. The summed E-state index contributed by atoms with van der Waals surface area (Å²) < 4.78 is 6.83. The third-order valence-electron chi connectivity index (χ3n) is 3.88. The van der Waals surface area contributed by atoms with Crippen LogP contribution < -0.4 is 5.32 Å². The zero-order valence-electron chi connectivity index (χ0n) is 14.1. The van der Waals surface area contributed by atoms with Crippen LogP contribution in [0.25, 0.3) is 10.9 Å². The van der Waals surface area contributed by atoms with Crippen LogP contribution in [0.3, 0.4) is 0 Å². The first kappa shape index (κ1) is 18.4. The van der Waals surface area contributed by atoms with Crippen LogP contribution in [-0.2, 0) is 16.6 Å². The fourth-order valence-electron chi connectivity index (χ4n) is 2.66. The molecular formula is C18H14ClN3O5. The Morgan fingerprint density at radius 1 is 1.26 bits per heavy atom. The number of nitro groups is 1. The molecule has 1 amide bonds. The third kappa shape index (κ3) is 3.90. The van der Waals surface area contributed by atoms with Gasteiger partial charge in [0.05, 0.1) is 10.5 Å². The molecule has 1 aromatic heterocycles. The van der Waals surface area contributed by atoms with E-state index in [1.54, 1.807) is 29.9 Å². The normalized spacial score (nSPS) is 10.6. The molecule has 2 aromatic carbocycles. The van der Waals surface area contributed by atoms with E-state index >= 15 is 0 Å². The fourth-order valence-corrected chi connectivity index (χ4v) is 2.83. The number of para-hydroxylation sites is 1. The number of carbonyl (C=O) groups is 2. The van der Waals surface area contributed by atoms with Crippen molar-refractivity contribution in [3.63, 3.8) is 0 Å². The van der Waals surface area contributed by atoms with Crippen LogP contribution in [0, 0.1) is 10.1 Å². The minimum absolute atomic E-state index is 0.0318. The summed E-state index contributed by atoms with van der Waals surface area (Å²) in [6.07, 6.45) is 1.62. The monoisotopic (exact) mass is 387 g/mol. The van der Waals surface area contributed by atoms with E-state index in [0.29, 0.717) is 10.9 Å². The van der Waals surface area contributed by atoms with E-state index in [1.807, 2.05) is 12.1 Å². The summed E-state index contributed by atoms with van der Waals surface area (Å²) in [5.74, 6) is -1.36. The molecular weight excluding hydrogens is 374 g/mol. The summed E-state index contributed by atoms with van der Waals surface area (Å²) in [6.45, 7) is -0.582. The number of nitro benzene ring substituents is 1. The number of hydrogen-bond acceptors (Lipinski definition) is 5. The maximum Gasteiger partial charge on any atom is 0.340 e. The number of benzene rings is 2. The number of ether oxygens (including phenoxy) is 1. The van der Waals surface area contributed by atoms with E-state index < -0.39 is 23.4 Å². The molecule has 1 N–H and O–H groups in total. The van der Waals surface area contributed by atoms with Crippen LogP contribution in [-0.4, -0.2) is 28.0 Å². The average Bonchev–Trinajstić information content (AvgIpc) is 2.98. The molecule has 0 atom stereocenters. The topological polar surface area (TPSA) is 103 Å². The lowest BCUT2D eigenvalue weighted by molar-refractivity contribution is -0.383. The number of hydrogen-bond donors (Lipinski definition) is 1. The summed E-state index contributed by atoms with van der Waals surface area (Å²) in [5.41, 5.74) is 0.802. The highest BCUT2D eigenvalue weighted by molar-refractivity contribution is 6.31. The van der Waals surface area contributed by atoms with Gasteiger partial charge in [-0.25, -0.2) is 4.79 Å². The summed E-state index contributed by atoms with van der Waals surface area (Å²) in [7, 11) is 1.80. The van der Waals surface area contributed by atoms with E-state index in [9.17, 15) is 19.7 Å². The highest BCUT2D eigenvalue weighted by Gasteiger charge is 2.19. The van der Waals surface area contributed by atoms with Crippen molar-refractivity contribution >= 4 is 45.8 Å². The SMILES string of the molecule is Cn1cc(C(=O)OCC(=O)Nc2ccc(Cl)cc2[N+](=O)[O-])c2ccccc21. The Labute approximate surface area is 158 Å². The average molecular weight is 388 g/mol. The number of amides is 1. The second kappa shape index (κ2) is 7.46. The quantitative estimate of drug-likeness (QED) is 0.409. The number of halogens is 1. The van der Waals surface area contributed by atoms with Gasteiger partial charge in [0, 0.05) is 35.2 Å². The lowest BCUT2D eigenvalue weighted by Crippen LogP contribution is -2.21. The lowest BCUT2D eigenvalue weighted by atomic mass is 10.2. The van der Waals surface area contributed by atoms with E-state index in [-0.39, 0.29) is 16.4 Å². The number of aryl methyl sites for hydroxylation is 1. The minimum Gasteiger partial charge on any atom is -0.452 e. The number of carbonyl (C=O) groups excluding carboxylic acids is 2. The Hall–Kier alpha value is -3.39. The number of nitrogens with one attached hydrogen (secondary N) is 1. The maximum atomic E-state index is 12.3. The number of nitrogens with zero attached hydrogens (tertiary/aromatic N) is 2. The van der Waals surface area contributed by atoms with Gasteiger partial charge in [-0.3, -0.25) is 14.9 Å². The van der Waals surface area contributed by atoms with Gasteiger partial charge in [-0.15, -0.1) is 0 Å². The van der Waals surface area contributed by atoms with Crippen LogP contribution in [0.4, 0.5) is 11.4 Å². The molecule has 27 heavy (non-hydrogen) atoms. The Morgan fingerprint density at radius 3 is 2.74 bits per heavy atom. The third-order valence-corrected chi connectivity index (χ3v) is 4.12. The molecule has 9 heteroatoms. The predicted octanol–water partition coefficient (Wildman–Crippen LogP) is 3.54. The Morgan fingerprint density at radius 2 is 2.00 bits per heavy atom. The van der Waals surface area contributed by atoms with Crippen molar-refractivity contribution < 1.29 is 19.2 Å². The van der Waals surface area contributed by atoms with Crippen LogP contribution in [0.1, 0.15) is 10.4 Å². The number of esters is 1. The molecule has 0 aliphatic carbocycles. The maximum absolute atomic E-state index is 12.3. The Kier molecular flexibility index (Phi) is 5.09. The molecule has 0 saturated carbocycles. The van der Waals surface area contributed by atoms with Gasteiger partial charge in [-0.1, -0.05) is 29.8 Å². The van der Waals surface area contributed by atoms with Gasteiger partial charge >= 0.3 is 5.97 Å². The first-order valence-electron chi connectivity index (χ1n) is 7.82. The largest absolute Gasteiger partial charge is 0.452 e. The van der Waals surface area contributed by atoms with Crippen molar-refractivity contribution in [3.8, 4) is 0 Å². The zero-order chi connectivity index (χ0) is 19.6. The van der Waals surface area contributed by atoms with Gasteiger partial charge < -0.3 is 14.6 Å². The molecule has 0 aliphatic rings. The summed E-state index contributed by atoms with van der Waals surface area (Å²) >= 11 is 5.73. The van der Waals surface area contributed by atoms with Gasteiger partial charge in [0.25, 0.3) is 11.6 Å². The van der Waals surface area contributed by atoms with Crippen molar-refractivity contribution in [3.05, 3.63) is 69.4 Å². The zero-order valence-corrected chi connectivity index (χ0v) is 14.9. The highest BCUT2D eigenvalue weighted by Crippen LogP contribution is 2.27. The molecule has 0 saturated heterocycles. The first-order chi connectivity index (χ1) is 12.9. The second-order valence-corrected chi connectivity index (χ2v) is 6.15. The van der Waals surface area contributed by atoms with E-state index in [4.69, 9.17) is 16.3 Å². The summed E-state index contributed by atoms with van der Waals surface area (Å²) in [5, 5.41) is 14.3. The molecule has 0 radical (unpaired) electrons. The Balaban J connectivity index is 1.69. The number of fused-ring (bicyclic) bond motifs is 1. The van der Waals surface area contributed by atoms with Gasteiger partial charge in [0.15, 0.2) is 6.61 Å². The molecule has 3 rings (SSSR count). The van der Waals surface area contributed by atoms with Crippen LogP contribution in [0.15, 0.2) is 48.7 Å².